The summed E-state index contributed by atoms with van der Waals surface area (Å²) in [7, 11) is 0. The van der Waals surface area contributed by atoms with Crippen molar-refractivity contribution in [2.75, 3.05) is 6.61 Å². The number of halogens is 1. The Bertz CT molecular complexity index is 1210. The van der Waals surface area contributed by atoms with Crippen LogP contribution in [-0.4, -0.2) is 35.4 Å². The molecule has 1 N–H and O–H groups in total. The highest BCUT2D eigenvalue weighted by Crippen LogP contribution is 2.29. The van der Waals surface area contributed by atoms with Gasteiger partial charge in [-0.2, -0.15) is 0 Å². The van der Waals surface area contributed by atoms with Gasteiger partial charge in [0.2, 0.25) is 5.91 Å². The van der Waals surface area contributed by atoms with Crippen LogP contribution in [0.1, 0.15) is 68.6 Å². The summed E-state index contributed by atoms with van der Waals surface area (Å²) in [5, 5.41) is 3.28. The minimum atomic E-state index is -0.655. The van der Waals surface area contributed by atoms with Crippen molar-refractivity contribution in [1.29, 1.82) is 0 Å². The third-order valence-corrected chi connectivity index (χ3v) is 8.01. The normalized spacial score (nSPS) is 14.6. The highest BCUT2D eigenvalue weighted by atomic mass is 79.9. The average Bonchev–Trinajstić information content (AvgIpc) is 2.95. The molecule has 1 aliphatic rings. The summed E-state index contributed by atoms with van der Waals surface area (Å²) < 4.78 is 6.82. The fourth-order valence-corrected chi connectivity index (χ4v) is 5.61. The van der Waals surface area contributed by atoms with Gasteiger partial charge in [-0.3, -0.25) is 9.59 Å². The lowest BCUT2D eigenvalue weighted by molar-refractivity contribution is -0.143. The number of nitrogens with zero attached hydrogens (tertiary/aromatic N) is 1. The van der Waals surface area contributed by atoms with Crippen LogP contribution >= 0.6 is 15.9 Å². The van der Waals surface area contributed by atoms with Gasteiger partial charge in [0, 0.05) is 19.0 Å². The minimum absolute atomic E-state index is 0.0995. The molecule has 0 radical (unpaired) electrons. The van der Waals surface area contributed by atoms with Gasteiger partial charge < -0.3 is 15.0 Å². The van der Waals surface area contributed by atoms with Crippen molar-refractivity contribution in [2.24, 2.45) is 0 Å². The number of hydrogen-bond acceptors (Lipinski definition) is 3. The average molecular weight is 592 g/mol. The van der Waals surface area contributed by atoms with Crippen molar-refractivity contribution in [3.63, 3.8) is 0 Å². The van der Waals surface area contributed by atoms with Gasteiger partial charge in [-0.05, 0) is 63.5 Å². The van der Waals surface area contributed by atoms with E-state index in [1.165, 1.54) is 12.0 Å². The maximum Gasteiger partial charge on any atom is 0.261 e. The fraction of sp³-hybridized carbons (Fsp3) is 0.394. The molecule has 0 spiro atoms. The molecular formula is C33H39BrN2O3. The number of carbonyl (C=O) groups is 2. The molecule has 1 fully saturated rings. The number of benzene rings is 3. The topological polar surface area (TPSA) is 58.6 Å². The molecule has 39 heavy (non-hydrogen) atoms. The highest BCUT2D eigenvalue weighted by molar-refractivity contribution is 9.10. The Morgan fingerprint density at radius 3 is 2.18 bits per heavy atom. The van der Waals surface area contributed by atoms with Crippen LogP contribution in [0.5, 0.6) is 5.75 Å². The van der Waals surface area contributed by atoms with Crippen molar-refractivity contribution >= 4 is 27.7 Å². The van der Waals surface area contributed by atoms with E-state index in [-0.39, 0.29) is 24.5 Å². The number of carbonyl (C=O) groups excluding carboxylic acids is 2. The highest BCUT2D eigenvalue weighted by Gasteiger charge is 2.32. The Morgan fingerprint density at radius 1 is 0.923 bits per heavy atom. The van der Waals surface area contributed by atoms with Gasteiger partial charge in [0.15, 0.2) is 6.61 Å². The molecule has 3 aromatic rings. The van der Waals surface area contributed by atoms with Crippen LogP contribution < -0.4 is 10.1 Å². The second-order valence-electron chi connectivity index (χ2n) is 10.7. The molecule has 2 amide bonds. The molecule has 5 nitrogen and oxygen atoms in total. The molecule has 0 saturated heterocycles. The Labute approximate surface area is 241 Å². The third kappa shape index (κ3) is 8.43. The van der Waals surface area contributed by atoms with E-state index in [2.05, 4.69) is 35.1 Å². The summed E-state index contributed by atoms with van der Waals surface area (Å²) in [6.07, 6.45) is 5.87. The van der Waals surface area contributed by atoms with E-state index >= 15 is 0 Å². The standard InChI is InChI=1S/C33H39BrN2O3/c1-24(2)27-18-19-31(29(34)21-27)39-23-32(37)36(22-26-14-8-4-9-15-26)30(20-25-12-6-3-7-13-25)33(38)35-28-16-10-5-11-17-28/h3-4,6-9,12-15,18-19,21,24,28,30H,5,10-11,16-17,20,22-23H2,1-2H3,(H,35,38)/t30-/m1/s1. The first-order chi connectivity index (χ1) is 18.9. The SMILES string of the molecule is CC(C)c1ccc(OCC(=O)N(Cc2ccccc2)[C@H](Cc2ccccc2)C(=O)NC2CCCCC2)c(Br)c1. The van der Waals surface area contributed by atoms with Gasteiger partial charge in [0.25, 0.3) is 5.91 Å². The molecule has 0 bridgehead atoms. The predicted octanol–water partition coefficient (Wildman–Crippen LogP) is 7.04. The van der Waals surface area contributed by atoms with Gasteiger partial charge in [-0.25, -0.2) is 0 Å². The molecule has 1 saturated carbocycles. The van der Waals surface area contributed by atoms with Gasteiger partial charge in [-0.1, -0.05) is 99.8 Å². The Morgan fingerprint density at radius 2 is 1.56 bits per heavy atom. The number of rotatable bonds is 11. The van der Waals surface area contributed by atoms with Gasteiger partial charge in [0.05, 0.1) is 4.47 Å². The van der Waals surface area contributed by atoms with Crippen LogP contribution in [0.2, 0.25) is 0 Å². The second kappa shape index (κ2) is 14.3. The molecule has 0 aliphatic heterocycles. The molecule has 0 aromatic heterocycles. The maximum atomic E-state index is 13.8. The Kier molecular flexibility index (Phi) is 10.6. The van der Waals surface area contributed by atoms with Crippen LogP contribution in [0, 0.1) is 0 Å². The zero-order chi connectivity index (χ0) is 27.6. The van der Waals surface area contributed by atoms with Crippen LogP contribution in [0.3, 0.4) is 0 Å². The zero-order valence-electron chi connectivity index (χ0n) is 22.9. The van der Waals surface area contributed by atoms with E-state index in [0.29, 0.717) is 24.6 Å². The van der Waals surface area contributed by atoms with Crippen molar-refractivity contribution in [3.05, 3.63) is 100 Å². The number of hydrogen-bond donors (Lipinski definition) is 1. The van der Waals surface area contributed by atoms with Crippen LogP contribution in [-0.2, 0) is 22.6 Å². The zero-order valence-corrected chi connectivity index (χ0v) is 24.5. The first kappa shape index (κ1) is 28.9. The second-order valence-corrected chi connectivity index (χ2v) is 11.5. The largest absolute Gasteiger partial charge is 0.483 e. The summed E-state index contributed by atoms with van der Waals surface area (Å²) in [6, 6.07) is 25.2. The molecule has 0 unspecified atom stereocenters. The van der Waals surface area contributed by atoms with Crippen LogP contribution in [0.4, 0.5) is 0 Å². The van der Waals surface area contributed by atoms with E-state index in [4.69, 9.17) is 4.74 Å². The van der Waals surface area contributed by atoms with Crippen molar-refractivity contribution < 1.29 is 14.3 Å². The summed E-state index contributed by atoms with van der Waals surface area (Å²) in [5.41, 5.74) is 3.17. The molecule has 3 aromatic carbocycles. The smallest absolute Gasteiger partial charge is 0.261 e. The van der Waals surface area contributed by atoms with Gasteiger partial charge in [-0.15, -0.1) is 0 Å². The van der Waals surface area contributed by atoms with E-state index in [0.717, 1.165) is 41.3 Å². The summed E-state index contributed by atoms with van der Waals surface area (Å²) >= 11 is 3.59. The maximum absolute atomic E-state index is 13.8. The Hall–Kier alpha value is -3.12. The molecule has 1 atom stereocenters. The van der Waals surface area contributed by atoms with Crippen molar-refractivity contribution in [3.8, 4) is 5.75 Å². The minimum Gasteiger partial charge on any atom is -0.483 e. The number of ether oxygens (including phenoxy) is 1. The third-order valence-electron chi connectivity index (χ3n) is 7.39. The number of nitrogens with one attached hydrogen (secondary N) is 1. The summed E-state index contributed by atoms with van der Waals surface area (Å²) in [6.45, 7) is 4.44. The number of amides is 2. The van der Waals surface area contributed by atoms with Gasteiger partial charge in [0.1, 0.15) is 11.8 Å². The lowest BCUT2D eigenvalue weighted by Gasteiger charge is -2.33. The first-order valence-electron chi connectivity index (χ1n) is 14.0. The van der Waals surface area contributed by atoms with E-state index < -0.39 is 6.04 Å². The van der Waals surface area contributed by atoms with E-state index in [1.54, 1.807) is 4.90 Å². The van der Waals surface area contributed by atoms with Gasteiger partial charge >= 0.3 is 0 Å². The molecule has 6 heteroatoms. The Balaban J connectivity index is 1.59. The molecule has 1 aliphatic carbocycles. The molecule has 206 valence electrons. The van der Waals surface area contributed by atoms with Crippen LogP contribution in [0.15, 0.2) is 83.3 Å². The predicted molar refractivity (Wildman–Crippen MR) is 160 cm³/mol. The molecular weight excluding hydrogens is 552 g/mol. The lowest BCUT2D eigenvalue weighted by Crippen LogP contribution is -2.53. The van der Waals surface area contributed by atoms with Crippen LogP contribution in [0.25, 0.3) is 0 Å². The molecule has 4 rings (SSSR count). The molecule has 0 heterocycles. The summed E-state index contributed by atoms with van der Waals surface area (Å²) in [4.78, 5) is 29.4. The fourth-order valence-electron chi connectivity index (χ4n) is 5.09. The lowest BCUT2D eigenvalue weighted by atomic mass is 9.94. The monoisotopic (exact) mass is 590 g/mol. The van der Waals surface area contributed by atoms with Crippen molar-refractivity contribution in [1.82, 2.24) is 10.2 Å². The van der Waals surface area contributed by atoms with E-state index in [9.17, 15) is 9.59 Å². The summed E-state index contributed by atoms with van der Waals surface area (Å²) in [5.74, 6) is 0.675. The first-order valence-corrected chi connectivity index (χ1v) is 14.8. The van der Waals surface area contributed by atoms with E-state index in [1.807, 2.05) is 78.9 Å². The van der Waals surface area contributed by atoms with Crippen molar-refractivity contribution in [2.45, 2.75) is 76.9 Å². The quantitative estimate of drug-likeness (QED) is 0.260.